The van der Waals surface area contributed by atoms with Crippen molar-refractivity contribution in [1.82, 2.24) is 5.32 Å². The summed E-state index contributed by atoms with van der Waals surface area (Å²) in [6.07, 6.45) is 0.981. The SMILES string of the molecule is CCC(NCc1c(O)cccc1Cl)c1ccccc1. The molecule has 0 spiro atoms. The molecule has 0 amide bonds. The van der Waals surface area contributed by atoms with Crippen molar-refractivity contribution in [3.63, 3.8) is 0 Å². The molecule has 2 nitrogen and oxygen atoms in total. The highest BCUT2D eigenvalue weighted by Crippen LogP contribution is 2.26. The second-order valence-electron chi connectivity index (χ2n) is 4.49. The fraction of sp³-hybridized carbons (Fsp3) is 0.250. The van der Waals surface area contributed by atoms with Gasteiger partial charge >= 0.3 is 0 Å². The summed E-state index contributed by atoms with van der Waals surface area (Å²) in [4.78, 5) is 0. The van der Waals surface area contributed by atoms with Crippen LogP contribution in [0.5, 0.6) is 5.75 Å². The van der Waals surface area contributed by atoms with Crippen molar-refractivity contribution in [3.05, 3.63) is 64.7 Å². The Hall–Kier alpha value is -1.51. The zero-order valence-corrected chi connectivity index (χ0v) is 11.7. The summed E-state index contributed by atoms with van der Waals surface area (Å²) < 4.78 is 0. The molecule has 1 atom stereocenters. The molecule has 0 saturated carbocycles. The van der Waals surface area contributed by atoms with E-state index in [9.17, 15) is 5.11 Å². The van der Waals surface area contributed by atoms with Crippen molar-refractivity contribution in [2.24, 2.45) is 0 Å². The summed E-state index contributed by atoms with van der Waals surface area (Å²) in [5.41, 5.74) is 2.00. The monoisotopic (exact) mass is 275 g/mol. The molecule has 0 bridgehead atoms. The summed E-state index contributed by atoms with van der Waals surface area (Å²) in [5, 5.41) is 13.9. The average Bonchev–Trinajstić information content (AvgIpc) is 2.43. The van der Waals surface area contributed by atoms with Gasteiger partial charge in [0.25, 0.3) is 0 Å². The predicted octanol–water partition coefficient (Wildman–Crippen LogP) is 4.29. The van der Waals surface area contributed by atoms with Crippen LogP contribution in [0, 0.1) is 0 Å². The quantitative estimate of drug-likeness (QED) is 0.853. The lowest BCUT2D eigenvalue weighted by molar-refractivity contribution is 0.455. The summed E-state index contributed by atoms with van der Waals surface area (Å²) in [6.45, 7) is 2.69. The largest absolute Gasteiger partial charge is 0.508 e. The van der Waals surface area contributed by atoms with Crippen LogP contribution in [0.1, 0.15) is 30.5 Å². The molecule has 1 unspecified atom stereocenters. The van der Waals surface area contributed by atoms with Crippen molar-refractivity contribution >= 4 is 11.6 Å². The van der Waals surface area contributed by atoms with Gasteiger partial charge in [0, 0.05) is 23.2 Å². The Kier molecular flexibility index (Phi) is 4.83. The Balaban J connectivity index is 2.09. The highest BCUT2D eigenvalue weighted by molar-refractivity contribution is 6.31. The minimum absolute atomic E-state index is 0.239. The molecular formula is C16H18ClNO. The Labute approximate surface area is 119 Å². The number of rotatable bonds is 5. The van der Waals surface area contributed by atoms with Gasteiger partial charge in [-0.2, -0.15) is 0 Å². The van der Waals surface area contributed by atoms with Crippen LogP contribution in [0.15, 0.2) is 48.5 Å². The van der Waals surface area contributed by atoms with Gasteiger partial charge in [0.1, 0.15) is 5.75 Å². The highest BCUT2D eigenvalue weighted by Gasteiger charge is 2.11. The van der Waals surface area contributed by atoms with Crippen LogP contribution in [0.4, 0.5) is 0 Å². The second-order valence-corrected chi connectivity index (χ2v) is 4.90. The van der Waals surface area contributed by atoms with Crippen LogP contribution in [-0.2, 0) is 6.54 Å². The van der Waals surface area contributed by atoms with E-state index < -0.39 is 0 Å². The van der Waals surface area contributed by atoms with Gasteiger partial charge in [0.15, 0.2) is 0 Å². The third-order valence-corrected chi connectivity index (χ3v) is 3.58. The van der Waals surface area contributed by atoms with Gasteiger partial charge < -0.3 is 10.4 Å². The number of aromatic hydroxyl groups is 1. The van der Waals surface area contributed by atoms with Crippen molar-refractivity contribution in [3.8, 4) is 5.75 Å². The highest BCUT2D eigenvalue weighted by atomic mass is 35.5. The molecular weight excluding hydrogens is 258 g/mol. The summed E-state index contributed by atoms with van der Waals surface area (Å²) in [6, 6.07) is 15.7. The van der Waals surface area contributed by atoms with Gasteiger partial charge in [-0.15, -0.1) is 0 Å². The number of phenols is 1. The maximum Gasteiger partial charge on any atom is 0.121 e. The smallest absolute Gasteiger partial charge is 0.121 e. The van der Waals surface area contributed by atoms with Crippen molar-refractivity contribution < 1.29 is 5.11 Å². The van der Waals surface area contributed by atoms with E-state index in [0.717, 1.165) is 12.0 Å². The lowest BCUT2D eigenvalue weighted by Crippen LogP contribution is -2.20. The zero-order chi connectivity index (χ0) is 13.7. The first kappa shape index (κ1) is 13.9. The molecule has 0 heterocycles. The lowest BCUT2D eigenvalue weighted by atomic mass is 10.0. The molecule has 0 aromatic heterocycles. The fourth-order valence-electron chi connectivity index (χ4n) is 2.13. The van der Waals surface area contributed by atoms with Crippen LogP contribution in [0.25, 0.3) is 0 Å². The van der Waals surface area contributed by atoms with E-state index in [-0.39, 0.29) is 11.8 Å². The maximum atomic E-state index is 9.82. The van der Waals surface area contributed by atoms with Gasteiger partial charge in [-0.05, 0) is 24.1 Å². The van der Waals surface area contributed by atoms with Gasteiger partial charge in [0.2, 0.25) is 0 Å². The van der Waals surface area contributed by atoms with Gasteiger partial charge in [0.05, 0.1) is 0 Å². The van der Waals surface area contributed by atoms with Crippen LogP contribution in [-0.4, -0.2) is 5.11 Å². The first-order chi connectivity index (χ1) is 9.22. The van der Waals surface area contributed by atoms with Gasteiger partial charge in [-0.1, -0.05) is 54.9 Å². The molecule has 2 aromatic carbocycles. The first-order valence-electron chi connectivity index (χ1n) is 6.47. The molecule has 3 heteroatoms. The third-order valence-electron chi connectivity index (χ3n) is 3.23. The summed E-state index contributed by atoms with van der Waals surface area (Å²) >= 11 is 6.10. The number of phenolic OH excluding ortho intramolecular Hbond substituents is 1. The Morgan fingerprint density at radius 3 is 2.47 bits per heavy atom. The van der Waals surface area contributed by atoms with E-state index in [1.165, 1.54) is 5.56 Å². The molecule has 0 saturated heterocycles. The minimum Gasteiger partial charge on any atom is -0.508 e. The molecule has 2 rings (SSSR count). The molecule has 0 fully saturated rings. The Morgan fingerprint density at radius 1 is 1.11 bits per heavy atom. The summed E-state index contributed by atoms with van der Waals surface area (Å²) in [5.74, 6) is 0.239. The number of halogens is 1. The van der Waals surface area contributed by atoms with Crippen LogP contribution < -0.4 is 5.32 Å². The minimum atomic E-state index is 0.239. The lowest BCUT2D eigenvalue weighted by Gasteiger charge is -2.18. The zero-order valence-electron chi connectivity index (χ0n) is 10.9. The second kappa shape index (κ2) is 6.60. The summed E-state index contributed by atoms with van der Waals surface area (Å²) in [7, 11) is 0. The van der Waals surface area contributed by atoms with E-state index in [0.29, 0.717) is 11.6 Å². The van der Waals surface area contributed by atoms with Gasteiger partial charge in [-0.25, -0.2) is 0 Å². The molecule has 19 heavy (non-hydrogen) atoms. The van der Waals surface area contributed by atoms with Crippen LogP contribution >= 0.6 is 11.6 Å². The number of hydrogen-bond donors (Lipinski definition) is 2. The fourth-order valence-corrected chi connectivity index (χ4v) is 2.37. The third kappa shape index (κ3) is 3.49. The number of hydrogen-bond acceptors (Lipinski definition) is 2. The van der Waals surface area contributed by atoms with Gasteiger partial charge in [-0.3, -0.25) is 0 Å². The van der Waals surface area contributed by atoms with E-state index in [4.69, 9.17) is 11.6 Å². The first-order valence-corrected chi connectivity index (χ1v) is 6.85. The van der Waals surface area contributed by atoms with Crippen LogP contribution in [0.2, 0.25) is 5.02 Å². The van der Waals surface area contributed by atoms with E-state index >= 15 is 0 Å². The molecule has 0 aliphatic rings. The van der Waals surface area contributed by atoms with E-state index in [1.54, 1.807) is 18.2 Å². The van der Waals surface area contributed by atoms with E-state index in [1.807, 2.05) is 18.2 Å². The van der Waals surface area contributed by atoms with Crippen LogP contribution in [0.3, 0.4) is 0 Å². The van der Waals surface area contributed by atoms with Crippen molar-refractivity contribution in [2.75, 3.05) is 0 Å². The predicted molar refractivity (Wildman–Crippen MR) is 79.4 cm³/mol. The number of benzene rings is 2. The average molecular weight is 276 g/mol. The van der Waals surface area contributed by atoms with E-state index in [2.05, 4.69) is 24.4 Å². The normalized spacial score (nSPS) is 12.3. The number of nitrogens with one attached hydrogen (secondary N) is 1. The molecule has 0 radical (unpaired) electrons. The Morgan fingerprint density at radius 2 is 1.84 bits per heavy atom. The molecule has 0 aliphatic carbocycles. The van der Waals surface area contributed by atoms with Crippen molar-refractivity contribution in [1.29, 1.82) is 0 Å². The standard InChI is InChI=1S/C16H18ClNO/c1-2-15(12-7-4-3-5-8-12)18-11-13-14(17)9-6-10-16(13)19/h3-10,15,18-19H,2,11H2,1H3. The molecule has 2 N–H and O–H groups in total. The molecule has 100 valence electrons. The molecule has 0 aliphatic heterocycles. The topological polar surface area (TPSA) is 32.3 Å². The Bertz CT molecular complexity index is 507. The molecule has 2 aromatic rings. The van der Waals surface area contributed by atoms with Crippen molar-refractivity contribution in [2.45, 2.75) is 25.9 Å². The maximum absolute atomic E-state index is 9.82.